The summed E-state index contributed by atoms with van der Waals surface area (Å²) in [4.78, 5) is 7.36. The number of hydrogen-bond acceptors (Lipinski definition) is 2. The summed E-state index contributed by atoms with van der Waals surface area (Å²) in [5.41, 5.74) is 4.61. The molecule has 0 fully saturated rings. The molecule has 18 heavy (non-hydrogen) atoms. The smallest absolute Gasteiger partial charge is 0.0931 e. The number of hydrogen-bond donors (Lipinski definition) is 2. The molecule has 0 radical (unpaired) electrons. The third-order valence-electron chi connectivity index (χ3n) is 2.48. The maximum Gasteiger partial charge on any atom is 0.0931 e. The highest BCUT2D eigenvalue weighted by Crippen LogP contribution is 2.27. The maximum absolute atomic E-state index is 4.23. The van der Waals surface area contributed by atoms with Crippen molar-refractivity contribution in [2.24, 2.45) is 0 Å². The van der Waals surface area contributed by atoms with Crippen molar-refractivity contribution in [2.45, 2.75) is 47.5 Å². The molecule has 1 aromatic carbocycles. The van der Waals surface area contributed by atoms with Gasteiger partial charge in [-0.2, -0.15) is 0 Å². The number of nitrogens with one attached hydrogen (secondary N) is 2. The first-order valence-electron chi connectivity index (χ1n) is 6.87. The first kappa shape index (κ1) is 16.5. The Balaban J connectivity index is 0.000000659. The Morgan fingerprint density at radius 3 is 2.22 bits per heavy atom. The average molecular weight is 249 g/mol. The van der Waals surface area contributed by atoms with Gasteiger partial charge < -0.3 is 10.3 Å². The highest BCUT2D eigenvalue weighted by atomic mass is 14.9. The van der Waals surface area contributed by atoms with Crippen LogP contribution < -0.4 is 5.32 Å². The largest absolute Gasteiger partial charge is 0.388 e. The molecule has 0 bridgehead atoms. The van der Waals surface area contributed by atoms with E-state index in [9.17, 15) is 0 Å². The molecule has 3 heteroatoms. The average Bonchev–Trinajstić information content (AvgIpc) is 2.88. The van der Waals surface area contributed by atoms with Crippen LogP contribution in [0.1, 0.15) is 53.0 Å². The minimum absolute atomic E-state index is 0.519. The van der Waals surface area contributed by atoms with Crippen molar-refractivity contribution in [3.63, 3.8) is 0 Å². The lowest BCUT2D eigenvalue weighted by molar-refractivity contribution is 0.870. The van der Waals surface area contributed by atoms with Crippen LogP contribution in [-0.4, -0.2) is 17.0 Å². The number of aromatic amines is 1. The van der Waals surface area contributed by atoms with E-state index in [0.717, 1.165) is 11.0 Å². The van der Waals surface area contributed by atoms with Crippen LogP contribution in [0.5, 0.6) is 0 Å². The number of nitrogens with zero attached hydrogens (tertiary/aromatic N) is 1. The van der Waals surface area contributed by atoms with Gasteiger partial charge in [-0.25, -0.2) is 4.98 Å². The summed E-state index contributed by atoms with van der Waals surface area (Å²) in [6.45, 7) is 12.4. The topological polar surface area (TPSA) is 40.7 Å². The molecule has 0 aliphatic carbocycles. The van der Waals surface area contributed by atoms with Crippen LogP contribution in [0, 0.1) is 0 Å². The van der Waals surface area contributed by atoms with Gasteiger partial charge in [0.05, 0.1) is 17.4 Å². The molecule has 0 unspecified atom stereocenters. The Labute approximate surface area is 111 Å². The molecule has 0 saturated carbocycles. The second-order valence-corrected chi connectivity index (χ2v) is 3.76. The van der Waals surface area contributed by atoms with Crippen molar-refractivity contribution in [3.05, 3.63) is 24.0 Å². The molecule has 3 nitrogen and oxygen atoms in total. The summed E-state index contributed by atoms with van der Waals surface area (Å²) < 4.78 is 0. The Morgan fingerprint density at radius 2 is 1.72 bits per heavy atom. The van der Waals surface area contributed by atoms with Gasteiger partial charge in [0.25, 0.3) is 0 Å². The van der Waals surface area contributed by atoms with Crippen molar-refractivity contribution in [2.75, 3.05) is 12.4 Å². The Kier molecular flexibility index (Phi) is 7.84. The second kappa shape index (κ2) is 8.56. The van der Waals surface area contributed by atoms with Crippen LogP contribution in [0.3, 0.4) is 0 Å². The van der Waals surface area contributed by atoms with Gasteiger partial charge in [0, 0.05) is 12.7 Å². The van der Waals surface area contributed by atoms with Crippen molar-refractivity contribution in [1.29, 1.82) is 0 Å². The molecule has 0 atom stereocenters. The van der Waals surface area contributed by atoms with Crippen molar-refractivity contribution < 1.29 is 0 Å². The highest BCUT2D eigenvalue weighted by molar-refractivity contribution is 5.81. The molecular formula is C15H27N3. The SMILES string of the molecule is CC.CC.CNc1cc2nc[nH]c2cc1C(C)C. The molecule has 2 rings (SSSR count). The molecule has 0 aliphatic rings. The molecule has 0 spiro atoms. The van der Waals surface area contributed by atoms with Crippen molar-refractivity contribution in [3.8, 4) is 0 Å². The van der Waals surface area contributed by atoms with E-state index in [2.05, 4.69) is 41.3 Å². The number of H-pyrrole nitrogens is 1. The van der Waals surface area contributed by atoms with E-state index in [1.54, 1.807) is 6.33 Å². The summed E-state index contributed by atoms with van der Waals surface area (Å²) in [5.74, 6) is 0.519. The zero-order chi connectivity index (χ0) is 14.1. The fourth-order valence-corrected chi connectivity index (χ4v) is 1.69. The number of anilines is 1. The van der Waals surface area contributed by atoms with Crippen LogP contribution in [0.25, 0.3) is 11.0 Å². The zero-order valence-corrected chi connectivity index (χ0v) is 12.8. The van der Waals surface area contributed by atoms with Gasteiger partial charge in [0.1, 0.15) is 0 Å². The summed E-state index contributed by atoms with van der Waals surface area (Å²) in [7, 11) is 1.94. The molecule has 0 saturated heterocycles. The summed E-state index contributed by atoms with van der Waals surface area (Å²) >= 11 is 0. The van der Waals surface area contributed by atoms with E-state index in [1.807, 2.05) is 34.7 Å². The van der Waals surface area contributed by atoms with E-state index >= 15 is 0 Å². The van der Waals surface area contributed by atoms with Crippen molar-refractivity contribution in [1.82, 2.24) is 9.97 Å². The van der Waals surface area contributed by atoms with Crippen molar-refractivity contribution >= 4 is 16.7 Å². The van der Waals surface area contributed by atoms with Gasteiger partial charge in [0.2, 0.25) is 0 Å². The molecule has 1 heterocycles. The van der Waals surface area contributed by atoms with Crippen LogP contribution in [0.2, 0.25) is 0 Å². The predicted octanol–water partition coefficient (Wildman–Crippen LogP) is 4.78. The van der Waals surface area contributed by atoms with Crippen LogP contribution in [0.15, 0.2) is 18.5 Å². The summed E-state index contributed by atoms with van der Waals surface area (Å²) in [5, 5.41) is 3.20. The minimum Gasteiger partial charge on any atom is -0.388 e. The van der Waals surface area contributed by atoms with Gasteiger partial charge in [-0.1, -0.05) is 41.5 Å². The first-order chi connectivity index (χ1) is 8.72. The standard InChI is InChI=1S/C11H15N3.2C2H6/c1-7(2)8-4-10-11(14-6-13-10)5-9(8)12-3;2*1-2/h4-7,12H,1-3H3,(H,13,14);2*1-2H3. The fraction of sp³-hybridized carbons (Fsp3) is 0.533. The lowest BCUT2D eigenvalue weighted by atomic mass is 10.0. The van der Waals surface area contributed by atoms with E-state index in [1.165, 1.54) is 11.3 Å². The summed E-state index contributed by atoms with van der Waals surface area (Å²) in [6.07, 6.45) is 1.73. The molecule has 0 aliphatic heterocycles. The fourth-order valence-electron chi connectivity index (χ4n) is 1.69. The first-order valence-corrected chi connectivity index (χ1v) is 6.87. The van der Waals surface area contributed by atoms with Gasteiger partial charge in [-0.15, -0.1) is 0 Å². The normalized spacial score (nSPS) is 9.33. The van der Waals surface area contributed by atoms with Crippen LogP contribution in [-0.2, 0) is 0 Å². The van der Waals surface area contributed by atoms with E-state index < -0.39 is 0 Å². The Morgan fingerprint density at radius 1 is 1.11 bits per heavy atom. The highest BCUT2D eigenvalue weighted by Gasteiger charge is 2.08. The van der Waals surface area contributed by atoms with E-state index in [-0.39, 0.29) is 0 Å². The van der Waals surface area contributed by atoms with Gasteiger partial charge in [-0.3, -0.25) is 0 Å². The molecular weight excluding hydrogens is 222 g/mol. The lowest BCUT2D eigenvalue weighted by Gasteiger charge is -2.12. The van der Waals surface area contributed by atoms with Gasteiger partial charge in [-0.05, 0) is 23.6 Å². The minimum atomic E-state index is 0.519. The predicted molar refractivity (Wildman–Crippen MR) is 82.4 cm³/mol. The molecule has 0 amide bonds. The molecule has 102 valence electrons. The molecule has 2 aromatic rings. The monoisotopic (exact) mass is 249 g/mol. The number of rotatable bonds is 2. The zero-order valence-electron chi connectivity index (χ0n) is 12.8. The van der Waals surface area contributed by atoms with Gasteiger partial charge in [0.15, 0.2) is 0 Å². The Hall–Kier alpha value is -1.51. The Bertz CT molecular complexity index is 444. The van der Waals surface area contributed by atoms with E-state index in [4.69, 9.17) is 0 Å². The van der Waals surface area contributed by atoms with Gasteiger partial charge >= 0.3 is 0 Å². The maximum atomic E-state index is 4.23. The molecule has 2 N–H and O–H groups in total. The van der Waals surface area contributed by atoms with E-state index in [0.29, 0.717) is 5.92 Å². The number of benzene rings is 1. The number of aromatic nitrogens is 2. The number of fused-ring (bicyclic) bond motifs is 1. The summed E-state index contributed by atoms with van der Waals surface area (Å²) in [6, 6.07) is 4.25. The molecule has 1 aromatic heterocycles. The quantitative estimate of drug-likeness (QED) is 0.804. The van der Waals surface area contributed by atoms with Crippen LogP contribution in [0.4, 0.5) is 5.69 Å². The second-order valence-electron chi connectivity index (χ2n) is 3.76. The lowest BCUT2D eigenvalue weighted by Crippen LogP contribution is -1.97. The number of imidazole rings is 1. The third-order valence-corrected chi connectivity index (χ3v) is 2.48. The third kappa shape index (κ3) is 3.76. The van der Waals surface area contributed by atoms with Crippen LogP contribution >= 0.6 is 0 Å².